The van der Waals surface area contributed by atoms with Gasteiger partial charge in [0.1, 0.15) is 11.6 Å². The average molecular weight is 283 g/mol. The molecule has 1 aliphatic heterocycles. The van der Waals surface area contributed by atoms with Crippen molar-refractivity contribution in [1.29, 1.82) is 0 Å². The molecule has 0 amide bonds. The van der Waals surface area contributed by atoms with E-state index in [4.69, 9.17) is 4.74 Å². The van der Waals surface area contributed by atoms with Gasteiger partial charge in [-0.15, -0.1) is 0 Å². The van der Waals surface area contributed by atoms with Gasteiger partial charge in [0, 0.05) is 24.3 Å². The smallest absolute Gasteiger partial charge is 0.131 e. The van der Waals surface area contributed by atoms with Gasteiger partial charge in [-0.2, -0.15) is 0 Å². The van der Waals surface area contributed by atoms with E-state index in [1.165, 1.54) is 0 Å². The molecule has 1 heterocycles. The highest BCUT2D eigenvalue weighted by molar-refractivity contribution is 5.29. The Morgan fingerprint density at radius 1 is 1.20 bits per heavy atom. The van der Waals surface area contributed by atoms with E-state index in [1.54, 1.807) is 13.0 Å². The summed E-state index contributed by atoms with van der Waals surface area (Å²) in [6, 6.07) is 2.55. The number of ether oxygens (including phenoxy) is 1. The van der Waals surface area contributed by atoms with Gasteiger partial charge in [-0.25, -0.2) is 8.78 Å². The minimum atomic E-state index is -0.501. The number of nitrogens with one attached hydrogen (secondary N) is 1. The topological polar surface area (TPSA) is 21.3 Å². The molecule has 2 unspecified atom stereocenters. The Morgan fingerprint density at radius 3 is 2.55 bits per heavy atom. The molecule has 4 heteroatoms. The normalized spacial score (nSPS) is 21.2. The van der Waals surface area contributed by atoms with Crippen molar-refractivity contribution >= 4 is 0 Å². The third-order valence-electron chi connectivity index (χ3n) is 3.71. The van der Waals surface area contributed by atoms with Crippen molar-refractivity contribution in [1.82, 2.24) is 5.32 Å². The highest BCUT2D eigenvalue weighted by Crippen LogP contribution is 2.30. The number of aryl methyl sites for hydroxylation is 1. The van der Waals surface area contributed by atoms with Crippen molar-refractivity contribution in [3.05, 3.63) is 34.9 Å². The Labute approximate surface area is 119 Å². The van der Waals surface area contributed by atoms with Crippen LogP contribution >= 0.6 is 0 Å². The summed E-state index contributed by atoms with van der Waals surface area (Å²) in [4.78, 5) is 0. The van der Waals surface area contributed by atoms with E-state index < -0.39 is 11.6 Å². The first-order valence-electron chi connectivity index (χ1n) is 7.32. The summed E-state index contributed by atoms with van der Waals surface area (Å²) in [6.07, 6.45) is 2.99. The second kappa shape index (κ2) is 6.64. The largest absolute Gasteiger partial charge is 0.376 e. The van der Waals surface area contributed by atoms with Gasteiger partial charge in [0.2, 0.25) is 0 Å². The molecule has 0 spiro atoms. The van der Waals surface area contributed by atoms with Crippen LogP contribution in [-0.4, -0.2) is 18.8 Å². The number of hydrogen-bond acceptors (Lipinski definition) is 2. The number of benzene rings is 1. The van der Waals surface area contributed by atoms with Gasteiger partial charge < -0.3 is 10.1 Å². The minimum Gasteiger partial charge on any atom is -0.376 e. The third-order valence-corrected chi connectivity index (χ3v) is 3.71. The van der Waals surface area contributed by atoms with Crippen LogP contribution in [0.2, 0.25) is 0 Å². The molecule has 1 N–H and O–H groups in total. The van der Waals surface area contributed by atoms with Gasteiger partial charge in [0.15, 0.2) is 0 Å². The SMILES string of the molecule is Cc1cc(C(NC(C)C)C2CCCCO2)c(F)cc1F. The molecular weight excluding hydrogens is 260 g/mol. The highest BCUT2D eigenvalue weighted by atomic mass is 19.1. The zero-order valence-electron chi connectivity index (χ0n) is 12.4. The molecule has 2 atom stereocenters. The number of rotatable bonds is 4. The molecule has 2 nitrogen and oxygen atoms in total. The molecule has 112 valence electrons. The Hall–Kier alpha value is -1.00. The van der Waals surface area contributed by atoms with E-state index in [2.05, 4.69) is 5.32 Å². The maximum Gasteiger partial charge on any atom is 0.131 e. The molecule has 1 fully saturated rings. The van der Waals surface area contributed by atoms with E-state index in [0.29, 0.717) is 17.7 Å². The summed E-state index contributed by atoms with van der Waals surface area (Å²) in [7, 11) is 0. The predicted molar refractivity (Wildman–Crippen MR) is 75.7 cm³/mol. The molecule has 2 rings (SSSR count). The van der Waals surface area contributed by atoms with Crippen LogP contribution in [0.25, 0.3) is 0 Å². The zero-order valence-corrected chi connectivity index (χ0v) is 12.4. The van der Waals surface area contributed by atoms with Crippen LogP contribution in [0.15, 0.2) is 12.1 Å². The van der Waals surface area contributed by atoms with Crippen LogP contribution in [0, 0.1) is 18.6 Å². The van der Waals surface area contributed by atoms with Gasteiger partial charge in [-0.3, -0.25) is 0 Å². The quantitative estimate of drug-likeness (QED) is 0.905. The Kier molecular flexibility index (Phi) is 5.11. The van der Waals surface area contributed by atoms with Gasteiger partial charge in [-0.1, -0.05) is 13.8 Å². The van der Waals surface area contributed by atoms with Crippen LogP contribution in [0.5, 0.6) is 0 Å². The molecule has 1 saturated heterocycles. The molecule has 1 aliphatic rings. The van der Waals surface area contributed by atoms with Gasteiger partial charge >= 0.3 is 0 Å². The summed E-state index contributed by atoms with van der Waals surface area (Å²) < 4.78 is 33.4. The second-order valence-corrected chi connectivity index (χ2v) is 5.83. The van der Waals surface area contributed by atoms with Crippen molar-refractivity contribution in [2.45, 2.75) is 58.2 Å². The van der Waals surface area contributed by atoms with Gasteiger partial charge in [0.25, 0.3) is 0 Å². The van der Waals surface area contributed by atoms with Crippen molar-refractivity contribution in [3.63, 3.8) is 0 Å². The summed E-state index contributed by atoms with van der Waals surface area (Å²) >= 11 is 0. The van der Waals surface area contributed by atoms with E-state index in [1.807, 2.05) is 13.8 Å². The Morgan fingerprint density at radius 2 is 1.95 bits per heavy atom. The van der Waals surface area contributed by atoms with E-state index in [9.17, 15) is 8.78 Å². The molecule has 0 saturated carbocycles. The summed E-state index contributed by atoms with van der Waals surface area (Å²) in [5.74, 6) is -1.00. The van der Waals surface area contributed by atoms with Crippen LogP contribution < -0.4 is 5.32 Å². The van der Waals surface area contributed by atoms with Crippen LogP contribution in [0.3, 0.4) is 0 Å². The van der Waals surface area contributed by atoms with Crippen molar-refractivity contribution in [2.24, 2.45) is 0 Å². The first-order valence-corrected chi connectivity index (χ1v) is 7.32. The van der Waals surface area contributed by atoms with Crippen molar-refractivity contribution in [3.8, 4) is 0 Å². The molecule has 0 bridgehead atoms. The highest BCUT2D eigenvalue weighted by Gasteiger charge is 2.29. The molecule has 0 aromatic heterocycles. The van der Waals surface area contributed by atoms with E-state index in [-0.39, 0.29) is 18.2 Å². The maximum atomic E-state index is 14.2. The number of hydrogen-bond donors (Lipinski definition) is 1. The minimum absolute atomic E-state index is 0.0505. The predicted octanol–water partition coefficient (Wildman–Crippen LogP) is 3.88. The standard InChI is InChI=1S/C16H23F2NO/c1-10(2)19-16(15-6-4-5-7-20-15)12-8-11(3)13(17)9-14(12)18/h8-10,15-16,19H,4-7H2,1-3H3. The van der Waals surface area contributed by atoms with Crippen LogP contribution in [0.4, 0.5) is 8.78 Å². The summed E-state index contributed by atoms with van der Waals surface area (Å²) in [5, 5.41) is 3.37. The molecular formula is C16H23F2NO. The molecule has 1 aromatic carbocycles. The molecule has 20 heavy (non-hydrogen) atoms. The summed E-state index contributed by atoms with van der Waals surface area (Å²) in [5.41, 5.74) is 0.970. The lowest BCUT2D eigenvalue weighted by atomic mass is 9.93. The maximum absolute atomic E-state index is 14.2. The first kappa shape index (κ1) is 15.4. The monoisotopic (exact) mass is 283 g/mol. The average Bonchev–Trinajstić information content (AvgIpc) is 2.41. The third kappa shape index (κ3) is 3.55. The second-order valence-electron chi connectivity index (χ2n) is 5.83. The van der Waals surface area contributed by atoms with Crippen molar-refractivity contribution < 1.29 is 13.5 Å². The zero-order chi connectivity index (χ0) is 14.7. The van der Waals surface area contributed by atoms with E-state index in [0.717, 1.165) is 25.3 Å². The van der Waals surface area contributed by atoms with Crippen LogP contribution in [0.1, 0.15) is 50.3 Å². The Balaban J connectivity index is 2.32. The Bertz CT molecular complexity index is 456. The fourth-order valence-electron chi connectivity index (χ4n) is 2.70. The first-order chi connectivity index (χ1) is 9.49. The van der Waals surface area contributed by atoms with E-state index >= 15 is 0 Å². The fourth-order valence-corrected chi connectivity index (χ4v) is 2.70. The fraction of sp³-hybridized carbons (Fsp3) is 0.625. The van der Waals surface area contributed by atoms with Crippen molar-refractivity contribution in [2.75, 3.05) is 6.61 Å². The molecule has 0 radical (unpaired) electrons. The lowest BCUT2D eigenvalue weighted by Gasteiger charge is -2.33. The summed E-state index contributed by atoms with van der Waals surface area (Å²) in [6.45, 7) is 6.41. The van der Waals surface area contributed by atoms with Gasteiger partial charge in [-0.05, 0) is 37.8 Å². The lowest BCUT2D eigenvalue weighted by molar-refractivity contribution is -0.0107. The molecule has 1 aromatic rings. The van der Waals surface area contributed by atoms with Gasteiger partial charge in [0.05, 0.1) is 12.1 Å². The van der Waals surface area contributed by atoms with Crippen LogP contribution in [-0.2, 0) is 4.74 Å². The lowest BCUT2D eigenvalue weighted by Crippen LogP contribution is -2.39. The number of halogens is 2. The molecule has 0 aliphatic carbocycles.